The lowest BCUT2D eigenvalue weighted by atomic mass is 9.86. The van der Waals surface area contributed by atoms with E-state index < -0.39 is 5.60 Å². The van der Waals surface area contributed by atoms with E-state index in [1.165, 1.54) is 7.11 Å². The lowest BCUT2D eigenvalue weighted by molar-refractivity contribution is -0.165. The van der Waals surface area contributed by atoms with Crippen molar-refractivity contribution < 1.29 is 14.3 Å². The van der Waals surface area contributed by atoms with Crippen LogP contribution in [-0.2, 0) is 19.9 Å². The van der Waals surface area contributed by atoms with E-state index in [2.05, 4.69) is 0 Å². The summed E-state index contributed by atoms with van der Waals surface area (Å²) in [6, 6.07) is 18.9. The van der Waals surface area contributed by atoms with Crippen molar-refractivity contribution >= 4 is 5.97 Å². The van der Waals surface area contributed by atoms with Gasteiger partial charge in [0.1, 0.15) is 0 Å². The van der Waals surface area contributed by atoms with Crippen LogP contribution in [0.15, 0.2) is 60.7 Å². The van der Waals surface area contributed by atoms with Gasteiger partial charge in [-0.15, -0.1) is 0 Å². The van der Waals surface area contributed by atoms with Crippen LogP contribution in [0.3, 0.4) is 0 Å². The van der Waals surface area contributed by atoms with Gasteiger partial charge in [-0.05, 0) is 17.5 Å². The number of carbonyl (C=O) groups excluding carboxylic acids is 1. The molecule has 0 aliphatic heterocycles. The minimum atomic E-state index is -1.22. The summed E-state index contributed by atoms with van der Waals surface area (Å²) in [6.45, 7) is 2.34. The van der Waals surface area contributed by atoms with Crippen LogP contribution in [-0.4, -0.2) is 19.7 Å². The smallest absolute Gasteiger partial charge is 0.347 e. The predicted molar refractivity (Wildman–Crippen MR) is 81.9 cm³/mol. The Morgan fingerprint density at radius 2 is 1.43 bits per heavy atom. The highest BCUT2D eigenvalue weighted by Gasteiger charge is 2.44. The number of hydrogen-bond donors (Lipinski definition) is 0. The van der Waals surface area contributed by atoms with Crippen LogP contribution >= 0.6 is 0 Å². The Bertz CT molecular complexity index is 524. The fourth-order valence-corrected chi connectivity index (χ4v) is 2.36. The second-order valence-corrected chi connectivity index (χ2v) is 4.75. The molecule has 2 aromatic rings. The predicted octanol–water partition coefficient (Wildman–Crippen LogP) is 3.53. The van der Waals surface area contributed by atoms with Crippen LogP contribution in [0, 0.1) is 0 Å². The Hall–Kier alpha value is -2.13. The zero-order valence-electron chi connectivity index (χ0n) is 12.4. The molecule has 0 spiro atoms. The van der Waals surface area contributed by atoms with Crippen molar-refractivity contribution in [3.8, 4) is 0 Å². The first-order valence-electron chi connectivity index (χ1n) is 7.09. The van der Waals surface area contributed by atoms with Crippen LogP contribution in [0.25, 0.3) is 0 Å². The molecule has 0 N–H and O–H groups in total. The molecule has 0 amide bonds. The van der Waals surface area contributed by atoms with Gasteiger partial charge in [0.05, 0.1) is 6.61 Å². The maximum absolute atomic E-state index is 12.7. The summed E-state index contributed by atoms with van der Waals surface area (Å²) in [5.74, 6) is -0.385. The van der Waals surface area contributed by atoms with Gasteiger partial charge < -0.3 is 9.47 Å². The number of ether oxygens (including phenoxy) is 2. The number of hydrogen-bond acceptors (Lipinski definition) is 3. The molecule has 0 saturated carbocycles. The third-order valence-corrected chi connectivity index (χ3v) is 3.39. The maximum atomic E-state index is 12.7. The van der Waals surface area contributed by atoms with Crippen molar-refractivity contribution in [3.63, 3.8) is 0 Å². The minimum Gasteiger partial charge on any atom is -0.463 e. The summed E-state index contributed by atoms with van der Waals surface area (Å²) in [6.07, 6.45) is 0.773. The summed E-state index contributed by atoms with van der Waals surface area (Å²) in [4.78, 5) is 12.7. The Morgan fingerprint density at radius 3 is 1.81 bits per heavy atom. The molecule has 0 aromatic heterocycles. The first kappa shape index (κ1) is 15.3. The number of esters is 1. The lowest BCUT2D eigenvalue weighted by Gasteiger charge is -2.31. The molecule has 0 bridgehead atoms. The highest BCUT2D eigenvalue weighted by Crippen LogP contribution is 2.34. The zero-order valence-corrected chi connectivity index (χ0v) is 12.4. The van der Waals surface area contributed by atoms with Gasteiger partial charge in [0.15, 0.2) is 0 Å². The number of methoxy groups -OCH3 is 1. The highest BCUT2D eigenvalue weighted by molar-refractivity contribution is 5.85. The quantitative estimate of drug-likeness (QED) is 0.761. The van der Waals surface area contributed by atoms with E-state index in [0.717, 1.165) is 17.5 Å². The highest BCUT2D eigenvalue weighted by atomic mass is 16.6. The molecule has 0 aliphatic carbocycles. The molecular weight excluding hydrogens is 264 g/mol. The molecule has 3 heteroatoms. The average molecular weight is 284 g/mol. The normalized spacial score (nSPS) is 11.1. The summed E-state index contributed by atoms with van der Waals surface area (Å²) < 4.78 is 11.1. The van der Waals surface area contributed by atoms with Crippen molar-refractivity contribution in [2.24, 2.45) is 0 Å². The molecule has 0 fully saturated rings. The van der Waals surface area contributed by atoms with Crippen molar-refractivity contribution in [2.75, 3.05) is 13.7 Å². The van der Waals surface area contributed by atoms with Crippen molar-refractivity contribution in [1.82, 2.24) is 0 Å². The second kappa shape index (κ2) is 7.04. The summed E-state index contributed by atoms with van der Waals surface area (Å²) >= 11 is 0. The molecule has 110 valence electrons. The largest absolute Gasteiger partial charge is 0.463 e. The molecule has 0 radical (unpaired) electrons. The maximum Gasteiger partial charge on any atom is 0.347 e. The van der Waals surface area contributed by atoms with Gasteiger partial charge in [-0.2, -0.15) is 0 Å². The molecule has 2 rings (SSSR count). The van der Waals surface area contributed by atoms with Crippen molar-refractivity contribution in [2.45, 2.75) is 18.9 Å². The molecule has 21 heavy (non-hydrogen) atoms. The molecule has 3 nitrogen and oxygen atoms in total. The summed E-state index contributed by atoms with van der Waals surface area (Å²) in [5, 5.41) is 0. The van der Waals surface area contributed by atoms with Crippen molar-refractivity contribution in [3.05, 3.63) is 71.8 Å². The average Bonchev–Trinajstić information content (AvgIpc) is 2.56. The Morgan fingerprint density at radius 1 is 0.952 bits per heavy atom. The van der Waals surface area contributed by atoms with Crippen LogP contribution in [0.5, 0.6) is 0 Å². The summed E-state index contributed by atoms with van der Waals surface area (Å²) in [5.41, 5.74) is 0.303. The topological polar surface area (TPSA) is 35.5 Å². The number of carbonyl (C=O) groups is 1. The Kier molecular flexibility index (Phi) is 5.12. The van der Waals surface area contributed by atoms with E-state index in [0.29, 0.717) is 6.61 Å². The fraction of sp³-hybridized carbons (Fsp3) is 0.278. The van der Waals surface area contributed by atoms with Gasteiger partial charge in [0, 0.05) is 7.11 Å². The van der Waals surface area contributed by atoms with Crippen LogP contribution in [0.1, 0.15) is 24.5 Å². The van der Waals surface area contributed by atoms with E-state index in [1.807, 2.05) is 67.6 Å². The third-order valence-electron chi connectivity index (χ3n) is 3.39. The molecule has 0 unspecified atom stereocenters. The van der Waals surface area contributed by atoms with Gasteiger partial charge in [-0.3, -0.25) is 0 Å². The SMILES string of the molecule is CCCOC(=O)C(OC)(c1ccccc1)c1ccccc1. The fourth-order valence-electron chi connectivity index (χ4n) is 2.36. The molecule has 0 aliphatic rings. The van der Waals surface area contributed by atoms with E-state index in [9.17, 15) is 4.79 Å². The van der Waals surface area contributed by atoms with Gasteiger partial charge in [-0.25, -0.2) is 4.79 Å². The van der Waals surface area contributed by atoms with Gasteiger partial charge in [0.25, 0.3) is 0 Å². The first-order chi connectivity index (χ1) is 10.3. The second-order valence-electron chi connectivity index (χ2n) is 4.75. The molecular formula is C18H20O3. The molecule has 0 heterocycles. The van der Waals surface area contributed by atoms with Crippen LogP contribution in [0.4, 0.5) is 0 Å². The molecule has 0 atom stereocenters. The van der Waals surface area contributed by atoms with E-state index in [4.69, 9.17) is 9.47 Å². The first-order valence-corrected chi connectivity index (χ1v) is 7.09. The minimum absolute atomic E-state index is 0.379. The van der Waals surface area contributed by atoms with Crippen LogP contribution in [0.2, 0.25) is 0 Å². The van der Waals surface area contributed by atoms with E-state index in [1.54, 1.807) is 0 Å². The number of rotatable bonds is 6. The van der Waals surface area contributed by atoms with Gasteiger partial charge in [-0.1, -0.05) is 67.6 Å². The van der Waals surface area contributed by atoms with Gasteiger partial charge >= 0.3 is 5.97 Å². The Labute approximate surface area is 125 Å². The van der Waals surface area contributed by atoms with Crippen molar-refractivity contribution in [1.29, 1.82) is 0 Å². The van der Waals surface area contributed by atoms with Crippen LogP contribution < -0.4 is 0 Å². The molecule has 2 aromatic carbocycles. The molecule has 0 saturated heterocycles. The summed E-state index contributed by atoms with van der Waals surface area (Å²) in [7, 11) is 1.53. The monoisotopic (exact) mass is 284 g/mol. The number of benzene rings is 2. The van der Waals surface area contributed by atoms with E-state index in [-0.39, 0.29) is 5.97 Å². The van der Waals surface area contributed by atoms with E-state index >= 15 is 0 Å². The zero-order chi connectivity index (χ0) is 15.1. The Balaban J connectivity index is 2.54. The standard InChI is InChI=1S/C18H20O3/c1-3-14-21-17(19)18(20-2,15-10-6-4-7-11-15)16-12-8-5-9-13-16/h4-13H,3,14H2,1-2H3. The lowest BCUT2D eigenvalue weighted by Crippen LogP contribution is -2.40. The third kappa shape index (κ3) is 2.98. The van der Waals surface area contributed by atoms with Gasteiger partial charge in [0.2, 0.25) is 5.60 Å².